The Morgan fingerprint density at radius 1 is 1.38 bits per heavy atom. The van der Waals surface area contributed by atoms with E-state index >= 15 is 0 Å². The SMILES string of the molecule is CCS(=O)(=O)N(Cc1ccc(-c2noc(C(F)(F)F)n2)s1)C1CC1. The average Bonchev–Trinajstić information content (AvgIpc) is 3.02. The standard InChI is InChI=1S/C13H14F3N3O3S2/c1-2-24(20,21)19(8-3-4-8)7-9-5-6-10(23-9)11-17-12(22-18-11)13(14,15)16/h5-6,8H,2-4,7H2,1H3. The maximum Gasteiger partial charge on any atom is 0.471 e. The molecular weight excluding hydrogens is 367 g/mol. The van der Waals surface area contributed by atoms with Crippen LogP contribution in [0.4, 0.5) is 13.2 Å². The number of alkyl halides is 3. The van der Waals surface area contributed by atoms with Gasteiger partial charge in [-0.2, -0.15) is 22.5 Å². The van der Waals surface area contributed by atoms with Crippen molar-refractivity contribution in [2.75, 3.05) is 5.75 Å². The van der Waals surface area contributed by atoms with Crippen LogP contribution in [0.5, 0.6) is 0 Å². The number of hydrogen-bond donors (Lipinski definition) is 0. The third-order valence-corrected chi connectivity index (χ3v) is 6.48. The molecule has 0 saturated heterocycles. The molecule has 0 bridgehead atoms. The lowest BCUT2D eigenvalue weighted by Crippen LogP contribution is -2.33. The molecule has 24 heavy (non-hydrogen) atoms. The van der Waals surface area contributed by atoms with Crippen LogP contribution in [0.1, 0.15) is 30.5 Å². The zero-order chi connectivity index (χ0) is 17.5. The smallest absolute Gasteiger partial charge is 0.329 e. The van der Waals surface area contributed by atoms with Gasteiger partial charge in [0.15, 0.2) is 0 Å². The van der Waals surface area contributed by atoms with Gasteiger partial charge < -0.3 is 4.52 Å². The van der Waals surface area contributed by atoms with Gasteiger partial charge in [-0.1, -0.05) is 5.16 Å². The van der Waals surface area contributed by atoms with Crippen molar-refractivity contribution in [2.45, 2.75) is 38.5 Å². The Morgan fingerprint density at radius 3 is 2.62 bits per heavy atom. The summed E-state index contributed by atoms with van der Waals surface area (Å²) in [4.78, 5) is 4.44. The van der Waals surface area contributed by atoms with Crippen LogP contribution in [0.3, 0.4) is 0 Å². The summed E-state index contributed by atoms with van der Waals surface area (Å²) < 4.78 is 67.4. The van der Waals surface area contributed by atoms with Crippen LogP contribution in [0, 0.1) is 0 Å². The fourth-order valence-corrected chi connectivity index (χ4v) is 4.50. The molecule has 2 aromatic heterocycles. The lowest BCUT2D eigenvalue weighted by Gasteiger charge is -2.20. The summed E-state index contributed by atoms with van der Waals surface area (Å²) in [6, 6.07) is 3.25. The molecule has 2 aromatic rings. The number of thiophene rings is 1. The van der Waals surface area contributed by atoms with Gasteiger partial charge in [-0.3, -0.25) is 0 Å². The van der Waals surface area contributed by atoms with Crippen LogP contribution in [-0.4, -0.2) is 34.7 Å². The van der Waals surface area contributed by atoms with Gasteiger partial charge in [-0.25, -0.2) is 8.42 Å². The lowest BCUT2D eigenvalue weighted by molar-refractivity contribution is -0.159. The second-order valence-corrected chi connectivity index (χ2v) is 8.74. The van der Waals surface area contributed by atoms with Gasteiger partial charge >= 0.3 is 12.1 Å². The van der Waals surface area contributed by atoms with Crippen molar-refractivity contribution in [2.24, 2.45) is 0 Å². The number of aromatic nitrogens is 2. The van der Waals surface area contributed by atoms with Crippen molar-refractivity contribution in [3.63, 3.8) is 0 Å². The summed E-state index contributed by atoms with van der Waals surface area (Å²) in [6.07, 6.45) is -3.03. The van der Waals surface area contributed by atoms with E-state index in [2.05, 4.69) is 14.7 Å². The minimum Gasteiger partial charge on any atom is -0.329 e. The molecule has 1 aliphatic rings. The van der Waals surface area contributed by atoms with E-state index in [9.17, 15) is 21.6 Å². The fourth-order valence-electron chi connectivity index (χ4n) is 2.16. The summed E-state index contributed by atoms with van der Waals surface area (Å²) >= 11 is 1.15. The topological polar surface area (TPSA) is 76.3 Å². The van der Waals surface area contributed by atoms with Crippen molar-refractivity contribution in [3.8, 4) is 10.7 Å². The number of halogens is 3. The maximum atomic E-state index is 12.5. The van der Waals surface area contributed by atoms with Gasteiger partial charge in [0.1, 0.15) is 0 Å². The van der Waals surface area contributed by atoms with E-state index in [1.165, 1.54) is 4.31 Å². The predicted molar refractivity (Wildman–Crippen MR) is 80.6 cm³/mol. The van der Waals surface area contributed by atoms with Gasteiger partial charge in [-0.05, 0) is 31.9 Å². The Labute approximate surface area is 140 Å². The molecule has 6 nitrogen and oxygen atoms in total. The van der Waals surface area contributed by atoms with Gasteiger partial charge in [0.05, 0.1) is 10.6 Å². The van der Waals surface area contributed by atoms with Crippen LogP contribution in [0.25, 0.3) is 10.7 Å². The summed E-state index contributed by atoms with van der Waals surface area (Å²) in [7, 11) is -3.32. The first-order valence-electron chi connectivity index (χ1n) is 7.20. The van der Waals surface area contributed by atoms with Gasteiger partial charge in [0.2, 0.25) is 15.8 Å². The third kappa shape index (κ3) is 3.62. The molecule has 1 fully saturated rings. The van der Waals surface area contributed by atoms with E-state index in [1.807, 2.05) is 0 Å². The second kappa shape index (κ2) is 6.12. The Kier molecular flexibility index (Phi) is 4.43. The van der Waals surface area contributed by atoms with Gasteiger partial charge in [0, 0.05) is 17.5 Å². The Bertz CT molecular complexity index is 825. The zero-order valence-electron chi connectivity index (χ0n) is 12.6. The maximum absolute atomic E-state index is 12.5. The van der Waals surface area contributed by atoms with Crippen LogP contribution in [0.2, 0.25) is 0 Å². The molecule has 2 heterocycles. The molecule has 1 saturated carbocycles. The number of nitrogens with zero attached hydrogens (tertiary/aromatic N) is 3. The van der Waals surface area contributed by atoms with Crippen LogP contribution < -0.4 is 0 Å². The molecule has 0 N–H and O–H groups in total. The number of rotatable bonds is 6. The summed E-state index contributed by atoms with van der Waals surface area (Å²) in [5.41, 5.74) is 0. The molecule has 0 spiro atoms. The molecule has 3 rings (SSSR count). The minimum absolute atomic E-state index is 0.0154. The van der Waals surface area contributed by atoms with Crippen LogP contribution in [-0.2, 0) is 22.7 Å². The van der Waals surface area contributed by atoms with Crippen molar-refractivity contribution < 1.29 is 26.1 Å². The first-order chi connectivity index (χ1) is 11.2. The summed E-state index contributed by atoms with van der Waals surface area (Å²) in [6.45, 7) is 1.79. The Balaban J connectivity index is 1.79. The van der Waals surface area contributed by atoms with E-state index in [0.717, 1.165) is 24.2 Å². The Morgan fingerprint density at radius 2 is 2.08 bits per heavy atom. The zero-order valence-corrected chi connectivity index (χ0v) is 14.2. The molecule has 132 valence electrons. The summed E-state index contributed by atoms with van der Waals surface area (Å²) in [5.74, 6) is -1.54. The highest BCUT2D eigenvalue weighted by molar-refractivity contribution is 7.89. The summed E-state index contributed by atoms with van der Waals surface area (Å²) in [5, 5.41) is 3.33. The molecule has 0 aliphatic heterocycles. The van der Waals surface area contributed by atoms with Crippen molar-refractivity contribution in [1.29, 1.82) is 0 Å². The van der Waals surface area contributed by atoms with E-state index in [-0.39, 0.29) is 24.2 Å². The largest absolute Gasteiger partial charge is 0.471 e. The predicted octanol–water partition coefficient (Wildman–Crippen LogP) is 3.13. The van der Waals surface area contributed by atoms with E-state index in [0.29, 0.717) is 9.75 Å². The van der Waals surface area contributed by atoms with E-state index in [1.54, 1.807) is 19.1 Å². The normalized spacial score (nSPS) is 16.0. The number of sulfonamides is 1. The third-order valence-electron chi connectivity index (χ3n) is 3.54. The van der Waals surface area contributed by atoms with Crippen molar-refractivity contribution in [1.82, 2.24) is 14.4 Å². The molecule has 0 radical (unpaired) electrons. The highest BCUT2D eigenvalue weighted by Gasteiger charge is 2.39. The molecule has 0 amide bonds. The number of hydrogen-bond acceptors (Lipinski definition) is 6. The molecule has 0 unspecified atom stereocenters. The Hall–Kier alpha value is -1.46. The van der Waals surface area contributed by atoms with Crippen LogP contribution in [0.15, 0.2) is 16.7 Å². The first-order valence-corrected chi connectivity index (χ1v) is 9.63. The highest BCUT2D eigenvalue weighted by atomic mass is 32.2. The second-order valence-electron chi connectivity index (χ2n) is 5.36. The average molecular weight is 381 g/mol. The molecule has 1 aliphatic carbocycles. The van der Waals surface area contributed by atoms with Gasteiger partial charge in [-0.15, -0.1) is 11.3 Å². The minimum atomic E-state index is -4.69. The first kappa shape index (κ1) is 17.4. The van der Waals surface area contributed by atoms with Crippen molar-refractivity contribution >= 4 is 21.4 Å². The monoisotopic (exact) mass is 381 g/mol. The molecular formula is C13H14F3N3O3S2. The quantitative estimate of drug-likeness (QED) is 0.768. The highest BCUT2D eigenvalue weighted by Crippen LogP contribution is 2.35. The molecule has 11 heteroatoms. The van der Waals surface area contributed by atoms with E-state index < -0.39 is 22.1 Å². The lowest BCUT2D eigenvalue weighted by atomic mass is 10.4. The molecule has 0 aromatic carbocycles. The van der Waals surface area contributed by atoms with E-state index in [4.69, 9.17) is 0 Å². The molecule has 0 atom stereocenters. The van der Waals surface area contributed by atoms with Crippen molar-refractivity contribution in [3.05, 3.63) is 22.9 Å². The van der Waals surface area contributed by atoms with Gasteiger partial charge in [0.25, 0.3) is 0 Å². The van der Waals surface area contributed by atoms with Crippen LogP contribution >= 0.6 is 11.3 Å². The fraction of sp³-hybridized carbons (Fsp3) is 0.538.